The first-order valence-electron chi connectivity index (χ1n) is 8.81. The average molecular weight is 573 g/mol. The molecule has 4 atom stereocenters. The second-order valence-electron chi connectivity index (χ2n) is 6.40. The number of nitrogens with zero attached hydrogens (tertiary/aromatic N) is 4. The fourth-order valence-electron chi connectivity index (χ4n) is 2.86. The molecule has 0 amide bonds. The maximum Gasteiger partial charge on any atom is 0.469 e. The number of nitrogens with two attached hydrogens (primary N) is 1. The van der Waals surface area contributed by atoms with Crippen molar-refractivity contribution in [3.63, 3.8) is 0 Å². The molecule has 0 bridgehead atoms. The van der Waals surface area contributed by atoms with E-state index in [0.29, 0.717) is 16.3 Å². The van der Waals surface area contributed by atoms with Gasteiger partial charge in [-0.05, 0) is 16.9 Å². The van der Waals surface area contributed by atoms with Crippen LogP contribution in [-0.2, 0) is 13.8 Å². The molecule has 1 fully saturated rings. The highest BCUT2D eigenvalue weighted by molar-refractivity contribution is 14.1. The summed E-state index contributed by atoms with van der Waals surface area (Å²) in [5.41, 5.74) is 6.62. The predicted octanol–water partition coefficient (Wildman–Crippen LogP) is 0.958. The van der Waals surface area contributed by atoms with Gasteiger partial charge in [-0.2, -0.15) is 0 Å². The van der Waals surface area contributed by atoms with Gasteiger partial charge in [0.2, 0.25) is 0 Å². The number of hydrogen-bond donors (Lipinski definition) is 5. The number of phosphoric ester groups is 1. The van der Waals surface area contributed by atoms with Crippen molar-refractivity contribution in [2.45, 2.75) is 42.5 Å². The van der Waals surface area contributed by atoms with E-state index in [4.69, 9.17) is 20.3 Å². The summed E-state index contributed by atoms with van der Waals surface area (Å²) < 4.78 is 24.2. The summed E-state index contributed by atoms with van der Waals surface area (Å²) >= 11 is 3.59. The normalized spacial score (nSPS) is 25.0. The fraction of sp³-hybridized carbons (Fsp3) is 0.533. The van der Waals surface area contributed by atoms with Gasteiger partial charge in [0.1, 0.15) is 23.8 Å². The summed E-state index contributed by atoms with van der Waals surface area (Å²) in [4.78, 5) is 30.5. The van der Waals surface area contributed by atoms with Gasteiger partial charge in [-0.3, -0.25) is 9.09 Å². The quantitative estimate of drug-likeness (QED) is 0.0942. The van der Waals surface area contributed by atoms with Crippen molar-refractivity contribution in [2.24, 2.45) is 0 Å². The zero-order valence-electron chi connectivity index (χ0n) is 15.5. The van der Waals surface area contributed by atoms with Crippen molar-refractivity contribution < 1.29 is 33.8 Å². The second-order valence-corrected chi connectivity index (χ2v) is 9.42. The Balaban J connectivity index is 1.79. The number of nitrogen functional groups attached to an aromatic ring is 1. The number of ether oxygens (including phenoxy) is 1. The molecule has 1 aliphatic heterocycles. The number of imidazole rings is 1. The van der Waals surface area contributed by atoms with Gasteiger partial charge in [-0.25, -0.2) is 19.5 Å². The molecule has 12 nitrogen and oxygen atoms in total. The van der Waals surface area contributed by atoms with Crippen LogP contribution >= 0.6 is 42.2 Å². The lowest BCUT2D eigenvalue weighted by Gasteiger charge is -2.17. The summed E-state index contributed by atoms with van der Waals surface area (Å²) in [5, 5.41) is 21.0. The second kappa shape index (κ2) is 10.2. The van der Waals surface area contributed by atoms with Crippen molar-refractivity contribution >= 4 is 59.2 Å². The molecule has 3 heterocycles. The first kappa shape index (κ1) is 23.8. The number of hydrogen-bond acceptors (Lipinski definition) is 10. The molecule has 0 radical (unpaired) electrons. The molecule has 6 N–H and O–H groups in total. The summed E-state index contributed by atoms with van der Waals surface area (Å²) in [6.45, 7) is -0.602. The highest BCUT2D eigenvalue weighted by Crippen LogP contribution is 2.39. The van der Waals surface area contributed by atoms with Crippen LogP contribution in [0.15, 0.2) is 21.6 Å². The number of allylic oxidation sites excluding steroid dienone is 1. The summed E-state index contributed by atoms with van der Waals surface area (Å²) in [5.74, 6) is 0.950. The molecule has 2 aromatic rings. The molecule has 3 rings (SSSR count). The zero-order chi connectivity index (χ0) is 21.9. The minimum absolute atomic E-state index is 0.169. The van der Waals surface area contributed by atoms with E-state index in [0.717, 1.165) is 18.6 Å². The number of halogens is 1. The van der Waals surface area contributed by atoms with Gasteiger partial charge in [0, 0.05) is 5.75 Å². The molecular formula is C15H21IN5O7PS. The van der Waals surface area contributed by atoms with Crippen LogP contribution in [0.3, 0.4) is 0 Å². The Hall–Kier alpha value is -0.840. The van der Waals surface area contributed by atoms with E-state index in [1.54, 1.807) is 0 Å². The number of phosphoric acid groups is 1. The Bertz CT molecular complexity index is 957. The minimum atomic E-state index is -4.75. The van der Waals surface area contributed by atoms with E-state index in [-0.39, 0.29) is 5.82 Å². The Morgan fingerprint density at radius 3 is 2.83 bits per heavy atom. The van der Waals surface area contributed by atoms with Crippen molar-refractivity contribution in [1.29, 1.82) is 0 Å². The van der Waals surface area contributed by atoms with Crippen LogP contribution in [0.5, 0.6) is 0 Å². The standard InChI is InChI=1S/C15H21IN5O7PS/c16-4-2-1-3-5-30-15-19-12(17)9-13(20-15)21(7-18-9)14-11(23)10(22)8(28-14)6-27-29(24,25)26/h2,4,7-8,10-11,14,22-23H,1,3,5-6H2,(H2,17,19,20)(H2,24,25,26)/b4-2+. The smallest absolute Gasteiger partial charge is 0.387 e. The maximum absolute atomic E-state index is 10.9. The molecule has 0 aliphatic carbocycles. The Morgan fingerprint density at radius 2 is 2.13 bits per heavy atom. The zero-order valence-corrected chi connectivity index (χ0v) is 19.4. The van der Waals surface area contributed by atoms with Crippen LogP contribution in [0.25, 0.3) is 11.2 Å². The number of anilines is 1. The lowest BCUT2D eigenvalue weighted by Crippen LogP contribution is -2.33. The monoisotopic (exact) mass is 573 g/mol. The van der Waals surface area contributed by atoms with Gasteiger partial charge in [-0.1, -0.05) is 40.4 Å². The third kappa shape index (κ3) is 5.69. The van der Waals surface area contributed by atoms with Crippen molar-refractivity contribution in [3.8, 4) is 0 Å². The predicted molar refractivity (Wildman–Crippen MR) is 117 cm³/mol. The molecule has 0 saturated carbocycles. The Kier molecular flexibility index (Phi) is 8.09. The number of aliphatic hydroxyl groups excluding tert-OH is 2. The largest absolute Gasteiger partial charge is 0.469 e. The maximum atomic E-state index is 10.9. The first-order valence-corrected chi connectivity index (χ1v) is 12.6. The molecule has 30 heavy (non-hydrogen) atoms. The van der Waals surface area contributed by atoms with Crippen LogP contribution in [-0.4, -0.2) is 70.2 Å². The van der Waals surface area contributed by atoms with Crippen LogP contribution in [0.4, 0.5) is 5.82 Å². The first-order chi connectivity index (χ1) is 14.2. The third-order valence-electron chi connectivity index (χ3n) is 4.28. The summed E-state index contributed by atoms with van der Waals surface area (Å²) in [7, 11) is -4.75. The van der Waals surface area contributed by atoms with Gasteiger partial charge in [-0.15, -0.1) is 0 Å². The van der Waals surface area contributed by atoms with E-state index >= 15 is 0 Å². The van der Waals surface area contributed by atoms with Gasteiger partial charge in [0.15, 0.2) is 22.8 Å². The summed E-state index contributed by atoms with van der Waals surface area (Å²) in [6.07, 6.45) is 0.184. The number of fused-ring (bicyclic) bond motifs is 1. The molecule has 2 aromatic heterocycles. The molecule has 0 aromatic carbocycles. The van der Waals surface area contributed by atoms with Crippen molar-refractivity contribution in [2.75, 3.05) is 18.1 Å². The lowest BCUT2D eigenvalue weighted by molar-refractivity contribution is -0.0504. The topological polar surface area (TPSA) is 186 Å². The van der Waals surface area contributed by atoms with Crippen LogP contribution in [0.2, 0.25) is 0 Å². The number of rotatable bonds is 9. The average Bonchev–Trinajstić information content (AvgIpc) is 3.21. The SMILES string of the molecule is Nc1nc(SCCC/C=C/I)nc2c1ncn2C1OC(COP(=O)(O)O)C(O)C1O. The number of thioether (sulfide) groups is 1. The highest BCUT2D eigenvalue weighted by Gasteiger charge is 2.45. The highest BCUT2D eigenvalue weighted by atomic mass is 127. The van der Waals surface area contributed by atoms with Gasteiger partial charge in [0.25, 0.3) is 0 Å². The summed E-state index contributed by atoms with van der Waals surface area (Å²) in [6, 6.07) is 0. The van der Waals surface area contributed by atoms with Crippen LogP contribution < -0.4 is 5.73 Å². The Morgan fingerprint density at radius 1 is 1.37 bits per heavy atom. The van der Waals surface area contributed by atoms with Gasteiger partial charge >= 0.3 is 7.82 Å². The van der Waals surface area contributed by atoms with E-state index in [2.05, 4.69) is 48.1 Å². The number of unbranched alkanes of at least 4 members (excludes halogenated alkanes) is 1. The number of aromatic nitrogens is 4. The van der Waals surface area contributed by atoms with Gasteiger partial charge < -0.3 is 30.5 Å². The van der Waals surface area contributed by atoms with E-state index in [1.165, 1.54) is 22.7 Å². The Labute approximate surface area is 189 Å². The molecule has 166 valence electrons. The molecule has 15 heteroatoms. The van der Waals surface area contributed by atoms with E-state index < -0.39 is 39.0 Å². The molecule has 1 saturated heterocycles. The fourth-order valence-corrected chi connectivity index (χ4v) is 4.37. The minimum Gasteiger partial charge on any atom is -0.387 e. The third-order valence-corrected chi connectivity index (χ3v) is 6.21. The van der Waals surface area contributed by atoms with Crippen LogP contribution in [0.1, 0.15) is 19.1 Å². The lowest BCUT2D eigenvalue weighted by atomic mass is 10.1. The molecule has 1 aliphatic rings. The van der Waals surface area contributed by atoms with Crippen molar-refractivity contribution in [1.82, 2.24) is 19.5 Å². The van der Waals surface area contributed by atoms with Crippen LogP contribution in [0, 0.1) is 0 Å². The molecule has 4 unspecified atom stereocenters. The van der Waals surface area contributed by atoms with E-state index in [9.17, 15) is 14.8 Å². The molecule has 0 spiro atoms. The van der Waals surface area contributed by atoms with Gasteiger partial charge in [0.05, 0.1) is 12.9 Å². The molecular weight excluding hydrogens is 552 g/mol. The van der Waals surface area contributed by atoms with E-state index in [1.807, 2.05) is 4.08 Å². The number of aliphatic hydroxyl groups is 2. The van der Waals surface area contributed by atoms with Crippen molar-refractivity contribution in [3.05, 3.63) is 16.5 Å².